The zero-order valence-corrected chi connectivity index (χ0v) is 7.55. The number of hydrogen-bond acceptors (Lipinski definition) is 2. The van der Waals surface area contributed by atoms with Crippen LogP contribution in [0.3, 0.4) is 0 Å². The first-order chi connectivity index (χ1) is 1.73. The van der Waals surface area contributed by atoms with E-state index < -0.39 is 6.16 Å². The van der Waals surface area contributed by atoms with Crippen LogP contribution >= 0.6 is 0 Å². The van der Waals surface area contributed by atoms with E-state index in [2.05, 4.69) is 0 Å². The van der Waals surface area contributed by atoms with Crippen molar-refractivity contribution in [3.8, 4) is 0 Å². The standard InChI is InChI=1S/CH2O3.Ca.Mg.H3N.4H/c2-1(3)4;;;;;;;/h(H2,2,3,4);;;1H3;;;;/q;2*+2;;4*-1. The summed E-state index contributed by atoms with van der Waals surface area (Å²) in [5.74, 6) is 0. The van der Waals surface area contributed by atoms with Crippen LogP contribution in [-0.4, -0.2) is 77.2 Å². The van der Waals surface area contributed by atoms with Crippen LogP contribution in [0.25, 0.3) is 0 Å². The van der Waals surface area contributed by atoms with E-state index in [1.54, 1.807) is 0 Å². The van der Waals surface area contributed by atoms with Crippen molar-refractivity contribution in [3.05, 3.63) is 0 Å². The van der Waals surface area contributed by atoms with Gasteiger partial charge in [-0.05, 0) is 0 Å². The molecule has 0 amide bonds. The Hall–Kier alpha value is 1.26. The number of carbonyl (C=O) groups is 1. The van der Waals surface area contributed by atoms with Gasteiger partial charge in [-0.25, -0.2) is 4.79 Å². The zero-order valence-electron chi connectivity index (χ0n) is 7.92. The normalized spacial score (nSPS) is 3.43. The van der Waals surface area contributed by atoms with Crippen molar-refractivity contribution in [3.63, 3.8) is 0 Å². The van der Waals surface area contributed by atoms with Gasteiger partial charge in [-0.15, -0.1) is 0 Å². The van der Waals surface area contributed by atoms with Crippen LogP contribution in [0.2, 0.25) is 0 Å². The fraction of sp³-hybridized carbons (Fsp3) is 0. The minimum atomic E-state index is -1.83. The average molecular weight is 147 g/mol. The first-order valence-corrected chi connectivity index (χ1v) is 0.651. The van der Waals surface area contributed by atoms with Gasteiger partial charge in [-0.1, -0.05) is 0 Å². The van der Waals surface area contributed by atoms with E-state index >= 15 is 0 Å². The van der Waals surface area contributed by atoms with Crippen LogP contribution in [0.4, 0.5) is 4.79 Å². The molecule has 0 spiro atoms. The van der Waals surface area contributed by atoms with Crippen molar-refractivity contribution >= 4 is 66.9 Å². The zero-order chi connectivity index (χ0) is 3.58. The molecule has 0 bridgehead atoms. The monoisotopic (exact) mass is 147 g/mol. The second kappa shape index (κ2) is 15.7. The maximum Gasteiger partial charge on any atom is 2.00 e. The summed E-state index contributed by atoms with van der Waals surface area (Å²) >= 11 is 0. The van der Waals surface area contributed by atoms with Crippen molar-refractivity contribution in [1.82, 2.24) is 6.15 Å². The molecule has 0 saturated carbocycles. The Balaban J connectivity index is -0.00000000214. The van der Waals surface area contributed by atoms with E-state index in [1.807, 2.05) is 0 Å². The molecule has 5 N–H and O–H groups in total. The molecule has 0 aromatic rings. The van der Waals surface area contributed by atoms with Gasteiger partial charge in [-0.3, -0.25) is 0 Å². The molecule has 6 heteroatoms. The minimum absolute atomic E-state index is 0. The summed E-state index contributed by atoms with van der Waals surface area (Å²) in [7, 11) is 0. The SMILES string of the molecule is N.O=C(O)O.[Ca+2].[H-].[H-].[H-].[H-].[Mg+2]. The minimum Gasteiger partial charge on any atom is -1.00 e. The molecular formula is CH9CaMgNO3. The van der Waals surface area contributed by atoms with Crippen molar-refractivity contribution in [1.29, 1.82) is 0 Å². The molecule has 0 aromatic heterocycles. The molecule has 0 saturated heterocycles. The van der Waals surface area contributed by atoms with Crippen LogP contribution in [0.15, 0.2) is 0 Å². The van der Waals surface area contributed by atoms with E-state index in [0.29, 0.717) is 0 Å². The first kappa shape index (κ1) is 24.0. The third-order valence-electron chi connectivity index (χ3n) is 0. The first-order valence-electron chi connectivity index (χ1n) is 0.651. The molecule has 0 aliphatic rings. The van der Waals surface area contributed by atoms with Crippen molar-refractivity contribution < 1.29 is 20.7 Å². The number of hydrogen-bond donors (Lipinski definition) is 3. The fourth-order valence-electron chi connectivity index (χ4n) is 0. The Morgan fingerprint density at radius 3 is 1.43 bits per heavy atom. The molecule has 0 radical (unpaired) electrons. The summed E-state index contributed by atoms with van der Waals surface area (Å²) in [5.41, 5.74) is 0. The topological polar surface area (TPSA) is 92.5 Å². The summed E-state index contributed by atoms with van der Waals surface area (Å²) in [6, 6.07) is 0. The molecule has 4 nitrogen and oxygen atoms in total. The van der Waals surface area contributed by atoms with E-state index in [9.17, 15) is 0 Å². The number of carboxylic acid groups (broad SMARTS) is 2. The molecule has 0 heterocycles. The van der Waals surface area contributed by atoms with Crippen molar-refractivity contribution in [2.45, 2.75) is 0 Å². The van der Waals surface area contributed by atoms with Crippen LogP contribution in [-0.2, 0) is 0 Å². The van der Waals surface area contributed by atoms with Gasteiger partial charge in [0, 0.05) is 0 Å². The van der Waals surface area contributed by atoms with Crippen LogP contribution in [0.1, 0.15) is 5.71 Å². The molecule has 0 fully saturated rings. The van der Waals surface area contributed by atoms with Gasteiger partial charge in [0.05, 0.1) is 0 Å². The Labute approximate surface area is 92.9 Å². The van der Waals surface area contributed by atoms with Gasteiger partial charge < -0.3 is 22.1 Å². The van der Waals surface area contributed by atoms with Crippen LogP contribution in [0.5, 0.6) is 0 Å². The predicted molar refractivity (Wildman–Crippen MR) is 31.6 cm³/mol. The summed E-state index contributed by atoms with van der Waals surface area (Å²) in [4.78, 5) is 8.56. The second-order valence-corrected chi connectivity index (χ2v) is 0.283. The molecule has 40 valence electrons. The second-order valence-electron chi connectivity index (χ2n) is 0.283. The molecule has 0 aliphatic heterocycles. The smallest absolute Gasteiger partial charge is 1.00 e. The Morgan fingerprint density at radius 2 is 1.43 bits per heavy atom. The maximum absolute atomic E-state index is 8.56. The molecular weight excluding hydrogens is 138 g/mol. The van der Waals surface area contributed by atoms with Crippen molar-refractivity contribution in [2.24, 2.45) is 0 Å². The van der Waals surface area contributed by atoms with Gasteiger partial charge in [-0.2, -0.15) is 0 Å². The molecule has 0 rings (SSSR count). The molecule has 0 unspecified atom stereocenters. The van der Waals surface area contributed by atoms with Gasteiger partial charge >= 0.3 is 66.9 Å². The van der Waals surface area contributed by atoms with Gasteiger partial charge in [0.2, 0.25) is 0 Å². The van der Waals surface area contributed by atoms with Gasteiger partial charge in [0.1, 0.15) is 0 Å². The molecule has 7 heavy (non-hydrogen) atoms. The summed E-state index contributed by atoms with van der Waals surface area (Å²) in [5, 5.41) is 13.9. The third-order valence-corrected chi connectivity index (χ3v) is 0. The summed E-state index contributed by atoms with van der Waals surface area (Å²) in [6.45, 7) is 0. The summed E-state index contributed by atoms with van der Waals surface area (Å²) in [6.07, 6.45) is -1.83. The van der Waals surface area contributed by atoms with E-state index in [0.717, 1.165) is 0 Å². The fourth-order valence-corrected chi connectivity index (χ4v) is 0. The van der Waals surface area contributed by atoms with Gasteiger partial charge in [0.25, 0.3) is 0 Å². The van der Waals surface area contributed by atoms with E-state index in [-0.39, 0.29) is 72.6 Å². The molecule has 0 aromatic carbocycles. The summed E-state index contributed by atoms with van der Waals surface area (Å²) < 4.78 is 0. The molecule has 0 atom stereocenters. The maximum atomic E-state index is 8.56. The van der Waals surface area contributed by atoms with Crippen molar-refractivity contribution in [2.75, 3.05) is 0 Å². The largest absolute Gasteiger partial charge is 2.00 e. The van der Waals surface area contributed by atoms with E-state index in [1.165, 1.54) is 0 Å². The number of rotatable bonds is 0. The Bertz CT molecular complexity index is 48.3. The predicted octanol–water partition coefficient (Wildman–Crippen LogP) is 0.0728. The Kier molecular flexibility index (Phi) is 53.7. The van der Waals surface area contributed by atoms with E-state index in [4.69, 9.17) is 15.0 Å². The average Bonchev–Trinajstić information content (AvgIpc) is 0.811. The van der Waals surface area contributed by atoms with Crippen LogP contribution < -0.4 is 6.15 Å². The Morgan fingerprint density at radius 1 is 1.43 bits per heavy atom. The van der Waals surface area contributed by atoms with Gasteiger partial charge in [0.15, 0.2) is 0 Å². The molecule has 0 aliphatic carbocycles. The van der Waals surface area contributed by atoms with Crippen LogP contribution in [0, 0.1) is 0 Å². The quantitative estimate of drug-likeness (QED) is 0.423. The third kappa shape index (κ3) is 127.